The van der Waals surface area contributed by atoms with Gasteiger partial charge in [-0.25, -0.2) is 4.98 Å². The van der Waals surface area contributed by atoms with E-state index in [1.807, 2.05) is 54.8 Å². The van der Waals surface area contributed by atoms with E-state index in [4.69, 9.17) is 4.74 Å². The Morgan fingerprint density at radius 1 is 1.19 bits per heavy atom. The Labute approximate surface area is 155 Å². The molecule has 1 N–H and O–H groups in total. The summed E-state index contributed by atoms with van der Waals surface area (Å²) in [6.45, 7) is 3.82. The van der Waals surface area contributed by atoms with Gasteiger partial charge in [0.05, 0.1) is 12.9 Å². The van der Waals surface area contributed by atoms with Crippen molar-refractivity contribution in [1.29, 1.82) is 0 Å². The summed E-state index contributed by atoms with van der Waals surface area (Å²) in [4.78, 5) is 16.3. The first-order valence-corrected chi connectivity index (χ1v) is 8.97. The normalized spacial score (nSPS) is 10.6. The molecule has 0 saturated carbocycles. The van der Waals surface area contributed by atoms with Crippen LogP contribution in [0.3, 0.4) is 0 Å². The minimum Gasteiger partial charge on any atom is -0.497 e. The lowest BCUT2D eigenvalue weighted by Crippen LogP contribution is -2.15. The fraction of sp³-hybridized carbons (Fsp3) is 0.222. The van der Waals surface area contributed by atoms with Crippen LogP contribution in [0.2, 0.25) is 0 Å². The highest BCUT2D eigenvalue weighted by molar-refractivity contribution is 7.99. The number of nitrogens with zero attached hydrogens (tertiary/aromatic N) is 4. The first kappa shape index (κ1) is 17.9. The minimum atomic E-state index is -0.143. The third kappa shape index (κ3) is 4.20. The van der Waals surface area contributed by atoms with Crippen molar-refractivity contribution in [2.24, 2.45) is 0 Å². The van der Waals surface area contributed by atoms with Crippen molar-refractivity contribution < 1.29 is 9.53 Å². The van der Waals surface area contributed by atoms with E-state index in [1.54, 1.807) is 13.3 Å². The molecular formula is C18H19N5O2S. The lowest BCUT2D eigenvalue weighted by atomic mass is 10.3. The molecule has 0 bridgehead atoms. The molecule has 0 aliphatic rings. The maximum absolute atomic E-state index is 12.2. The van der Waals surface area contributed by atoms with Crippen LogP contribution in [-0.2, 0) is 4.79 Å². The van der Waals surface area contributed by atoms with Gasteiger partial charge in [-0.15, -0.1) is 10.2 Å². The van der Waals surface area contributed by atoms with Gasteiger partial charge in [0.15, 0.2) is 5.16 Å². The largest absolute Gasteiger partial charge is 0.497 e. The second-order valence-electron chi connectivity index (χ2n) is 5.62. The van der Waals surface area contributed by atoms with Gasteiger partial charge < -0.3 is 10.1 Å². The number of pyridine rings is 1. The number of rotatable bonds is 6. The minimum absolute atomic E-state index is 0.143. The van der Waals surface area contributed by atoms with Gasteiger partial charge in [0, 0.05) is 11.9 Å². The Kier molecular flexibility index (Phi) is 5.52. The number of thioether (sulfide) groups is 1. The number of amides is 1. The third-order valence-electron chi connectivity index (χ3n) is 3.64. The Hall–Kier alpha value is -2.87. The number of aryl methyl sites for hydroxylation is 2. The summed E-state index contributed by atoms with van der Waals surface area (Å²) in [5.41, 5.74) is 1.95. The zero-order chi connectivity index (χ0) is 18.5. The van der Waals surface area contributed by atoms with Crippen LogP contribution in [0.25, 0.3) is 5.69 Å². The molecule has 0 radical (unpaired) electrons. The number of carbonyl (C=O) groups is 1. The number of hydrogen-bond donors (Lipinski definition) is 1. The summed E-state index contributed by atoms with van der Waals surface area (Å²) in [7, 11) is 1.63. The molecule has 0 fully saturated rings. The van der Waals surface area contributed by atoms with Gasteiger partial charge in [-0.2, -0.15) is 0 Å². The summed E-state index contributed by atoms with van der Waals surface area (Å²) in [5.74, 6) is 2.14. The number of aromatic nitrogens is 4. The van der Waals surface area contributed by atoms with Gasteiger partial charge in [0.25, 0.3) is 0 Å². The molecule has 1 amide bonds. The van der Waals surface area contributed by atoms with E-state index in [1.165, 1.54) is 11.8 Å². The molecule has 0 aliphatic carbocycles. The highest BCUT2D eigenvalue weighted by Crippen LogP contribution is 2.23. The van der Waals surface area contributed by atoms with Crippen LogP contribution in [0.15, 0.2) is 47.8 Å². The smallest absolute Gasteiger partial charge is 0.236 e. The van der Waals surface area contributed by atoms with Crippen LogP contribution < -0.4 is 10.1 Å². The maximum Gasteiger partial charge on any atom is 0.236 e. The summed E-state index contributed by atoms with van der Waals surface area (Å²) in [6.07, 6.45) is 1.67. The fourth-order valence-corrected chi connectivity index (χ4v) is 3.18. The molecule has 0 saturated heterocycles. The van der Waals surface area contributed by atoms with E-state index in [0.29, 0.717) is 11.0 Å². The Balaban J connectivity index is 1.69. The molecule has 3 rings (SSSR count). The van der Waals surface area contributed by atoms with Gasteiger partial charge in [-0.1, -0.05) is 11.8 Å². The van der Waals surface area contributed by atoms with E-state index < -0.39 is 0 Å². The van der Waals surface area contributed by atoms with Gasteiger partial charge in [0.1, 0.15) is 17.4 Å². The predicted molar refractivity (Wildman–Crippen MR) is 101 cm³/mol. The van der Waals surface area contributed by atoms with Gasteiger partial charge in [-0.3, -0.25) is 9.36 Å². The summed E-state index contributed by atoms with van der Waals surface area (Å²) in [5, 5.41) is 11.7. The van der Waals surface area contributed by atoms with Crippen molar-refractivity contribution in [2.45, 2.75) is 19.0 Å². The molecule has 0 atom stereocenters. The lowest BCUT2D eigenvalue weighted by Gasteiger charge is -2.09. The summed E-state index contributed by atoms with van der Waals surface area (Å²) < 4.78 is 7.09. The predicted octanol–water partition coefficient (Wildman–Crippen LogP) is 3.02. The molecule has 1 aromatic carbocycles. The first-order valence-electron chi connectivity index (χ1n) is 7.98. The van der Waals surface area contributed by atoms with Crippen molar-refractivity contribution in [3.63, 3.8) is 0 Å². The summed E-state index contributed by atoms with van der Waals surface area (Å²) >= 11 is 1.32. The molecule has 2 heterocycles. The fourth-order valence-electron chi connectivity index (χ4n) is 2.38. The third-order valence-corrected chi connectivity index (χ3v) is 4.57. The van der Waals surface area contributed by atoms with Crippen molar-refractivity contribution in [1.82, 2.24) is 19.7 Å². The Morgan fingerprint density at radius 3 is 2.65 bits per heavy atom. The van der Waals surface area contributed by atoms with Crippen LogP contribution in [0, 0.1) is 13.8 Å². The van der Waals surface area contributed by atoms with E-state index in [-0.39, 0.29) is 11.7 Å². The molecule has 0 spiro atoms. The number of anilines is 1. The second kappa shape index (κ2) is 8.01. The van der Waals surface area contributed by atoms with Crippen molar-refractivity contribution in [3.8, 4) is 11.4 Å². The molecule has 2 aromatic heterocycles. The van der Waals surface area contributed by atoms with E-state index in [0.717, 1.165) is 22.8 Å². The highest BCUT2D eigenvalue weighted by atomic mass is 32.2. The number of benzene rings is 1. The Bertz CT molecular complexity index is 908. The first-order chi connectivity index (χ1) is 12.6. The van der Waals surface area contributed by atoms with Crippen LogP contribution >= 0.6 is 11.8 Å². The number of hydrogen-bond acceptors (Lipinski definition) is 6. The molecule has 0 unspecified atom stereocenters. The molecule has 8 heteroatoms. The highest BCUT2D eigenvalue weighted by Gasteiger charge is 2.14. The van der Waals surface area contributed by atoms with E-state index >= 15 is 0 Å². The monoisotopic (exact) mass is 369 g/mol. The zero-order valence-electron chi connectivity index (χ0n) is 14.8. The number of nitrogens with one attached hydrogen (secondary N) is 1. The van der Waals surface area contributed by atoms with Gasteiger partial charge >= 0.3 is 0 Å². The standard InChI is InChI=1S/C18H19N5O2S/c1-12-8-9-19-16(10-12)20-17(24)11-26-18-22-21-13(2)23(18)14-4-6-15(25-3)7-5-14/h4-10H,11H2,1-3H3,(H,19,20,24). The van der Waals surface area contributed by atoms with Crippen LogP contribution in [0.1, 0.15) is 11.4 Å². The quantitative estimate of drug-likeness (QED) is 0.673. The van der Waals surface area contributed by atoms with Crippen LogP contribution in [-0.4, -0.2) is 38.5 Å². The average Bonchev–Trinajstić information content (AvgIpc) is 3.00. The average molecular weight is 369 g/mol. The van der Waals surface area contributed by atoms with Gasteiger partial charge in [-0.05, 0) is 55.8 Å². The molecule has 7 nitrogen and oxygen atoms in total. The number of carbonyl (C=O) groups excluding carboxylic acids is 1. The van der Waals surface area contributed by atoms with Crippen molar-refractivity contribution >= 4 is 23.5 Å². The van der Waals surface area contributed by atoms with Crippen molar-refractivity contribution in [3.05, 3.63) is 54.0 Å². The zero-order valence-corrected chi connectivity index (χ0v) is 15.6. The van der Waals surface area contributed by atoms with Crippen LogP contribution in [0.5, 0.6) is 5.75 Å². The van der Waals surface area contributed by atoms with E-state index in [9.17, 15) is 4.79 Å². The molecule has 134 valence electrons. The van der Waals surface area contributed by atoms with Crippen LogP contribution in [0.4, 0.5) is 5.82 Å². The molecular weight excluding hydrogens is 350 g/mol. The number of ether oxygens (including phenoxy) is 1. The lowest BCUT2D eigenvalue weighted by molar-refractivity contribution is -0.113. The molecule has 3 aromatic rings. The Morgan fingerprint density at radius 2 is 1.96 bits per heavy atom. The van der Waals surface area contributed by atoms with Gasteiger partial charge in [0.2, 0.25) is 5.91 Å². The SMILES string of the molecule is COc1ccc(-n2c(C)nnc2SCC(=O)Nc2cc(C)ccn2)cc1. The summed E-state index contributed by atoms with van der Waals surface area (Å²) in [6, 6.07) is 11.3. The maximum atomic E-state index is 12.2. The molecule has 0 aliphatic heterocycles. The van der Waals surface area contributed by atoms with E-state index in [2.05, 4.69) is 20.5 Å². The second-order valence-corrected chi connectivity index (χ2v) is 6.56. The topological polar surface area (TPSA) is 81.9 Å². The van der Waals surface area contributed by atoms with Crippen molar-refractivity contribution in [2.75, 3.05) is 18.2 Å². The molecule has 26 heavy (non-hydrogen) atoms. The number of methoxy groups -OCH3 is 1.